The van der Waals surface area contributed by atoms with E-state index in [0.29, 0.717) is 25.7 Å². The molecule has 1 unspecified atom stereocenters. The van der Waals surface area contributed by atoms with Crippen LogP contribution in [0.15, 0.2) is 12.2 Å². The minimum absolute atomic E-state index is 0.00953. The minimum atomic E-state index is -0.359. The van der Waals surface area contributed by atoms with E-state index in [-0.39, 0.29) is 41.5 Å². The van der Waals surface area contributed by atoms with Crippen molar-refractivity contribution in [2.75, 3.05) is 40.5 Å². The van der Waals surface area contributed by atoms with Gasteiger partial charge in [0.25, 0.3) is 11.8 Å². The Morgan fingerprint density at radius 3 is 1.73 bits per heavy atom. The van der Waals surface area contributed by atoms with Gasteiger partial charge >= 0.3 is 0 Å². The third kappa shape index (κ3) is 20.8. The van der Waals surface area contributed by atoms with E-state index < -0.39 is 0 Å². The van der Waals surface area contributed by atoms with Gasteiger partial charge in [-0.15, -0.1) is 0 Å². The number of hydrogen-bond donors (Lipinski definition) is 1. The van der Waals surface area contributed by atoms with Crippen molar-refractivity contribution < 1.29 is 43.0 Å². The Bertz CT molecular complexity index is 640. The fourth-order valence-corrected chi connectivity index (χ4v) is 3.78. The van der Waals surface area contributed by atoms with Crippen LogP contribution in [0, 0.1) is 16.7 Å². The van der Waals surface area contributed by atoms with Crippen molar-refractivity contribution in [3.8, 4) is 0 Å². The number of hydrogen-bond acceptors (Lipinski definition) is 9. The number of rotatable bonds is 14. The first-order valence-corrected chi connectivity index (χ1v) is 11.4. The number of carbonyl (C=O) groups excluding carboxylic acids is 7. The highest BCUT2D eigenvalue weighted by atomic mass is 16.5. The molecule has 1 rings (SSSR count). The van der Waals surface area contributed by atoms with Gasteiger partial charge in [-0.25, -0.2) is 0 Å². The molecule has 0 aliphatic carbocycles. The van der Waals surface area contributed by atoms with Gasteiger partial charge in [0.2, 0.25) is 5.91 Å². The zero-order chi connectivity index (χ0) is 30.1. The van der Waals surface area contributed by atoms with Gasteiger partial charge in [-0.05, 0) is 36.0 Å². The molecule has 1 atom stereocenters. The molecule has 1 heterocycles. The second-order valence-corrected chi connectivity index (χ2v) is 9.52. The molecule has 0 aromatic rings. The SMILES string of the molecule is C=O.C=O.C=O.C=O.COCC(C)(C)CCC(CNC(=O)CCN1C(=O)C=CC1=O)CC(C)(C)COC. The summed E-state index contributed by atoms with van der Waals surface area (Å²) < 4.78 is 10.7. The lowest BCUT2D eigenvalue weighted by Gasteiger charge is -2.32. The second-order valence-electron chi connectivity index (χ2n) is 9.52. The summed E-state index contributed by atoms with van der Waals surface area (Å²) in [6, 6.07) is 0. The number of nitrogens with zero attached hydrogens (tertiary/aromatic N) is 1. The summed E-state index contributed by atoms with van der Waals surface area (Å²) in [5.41, 5.74) is 0.0848. The molecule has 0 saturated carbocycles. The van der Waals surface area contributed by atoms with Crippen LogP contribution < -0.4 is 5.32 Å². The number of carbonyl (C=O) groups is 7. The standard InChI is InChI=1S/C22H38N2O5.4CH2O/c1-21(2,15-28-5)11-9-17(13-22(3,4)16-29-6)14-23-18(25)10-12-24-19(26)7-8-20(24)27;4*1-2/h7-8,17H,9-16H2,1-6H3,(H,23,25);4*1H2. The van der Waals surface area contributed by atoms with E-state index in [1.807, 2.05) is 27.2 Å². The predicted octanol–water partition coefficient (Wildman–Crippen LogP) is 1.81. The van der Waals surface area contributed by atoms with Crippen molar-refractivity contribution in [3.05, 3.63) is 12.2 Å². The normalized spacial score (nSPS) is 12.9. The molecule has 11 heteroatoms. The molecule has 0 radical (unpaired) electrons. The highest BCUT2D eigenvalue weighted by Crippen LogP contribution is 2.32. The summed E-state index contributed by atoms with van der Waals surface area (Å²) in [6.45, 7) is 18.7. The maximum absolute atomic E-state index is 12.3. The third-order valence-corrected chi connectivity index (χ3v) is 5.19. The monoisotopic (exact) mass is 530 g/mol. The smallest absolute Gasteiger partial charge is 0.253 e. The predicted molar refractivity (Wildman–Crippen MR) is 141 cm³/mol. The Balaban J connectivity index is -0.000000617. The Labute approximate surface area is 221 Å². The van der Waals surface area contributed by atoms with Crippen LogP contribution in [-0.2, 0) is 43.0 Å². The van der Waals surface area contributed by atoms with Gasteiger partial charge in [0.1, 0.15) is 27.2 Å². The molecule has 1 aliphatic rings. The van der Waals surface area contributed by atoms with E-state index in [4.69, 9.17) is 28.7 Å². The van der Waals surface area contributed by atoms with Crippen molar-refractivity contribution in [2.24, 2.45) is 16.7 Å². The van der Waals surface area contributed by atoms with Gasteiger partial charge in [-0.1, -0.05) is 27.7 Å². The van der Waals surface area contributed by atoms with Gasteiger partial charge in [0.15, 0.2) is 0 Å². The van der Waals surface area contributed by atoms with Crippen molar-refractivity contribution in [1.29, 1.82) is 0 Å². The molecule has 1 aliphatic heterocycles. The van der Waals surface area contributed by atoms with Crippen LogP contribution in [0.25, 0.3) is 0 Å². The van der Waals surface area contributed by atoms with E-state index in [1.54, 1.807) is 14.2 Å². The van der Waals surface area contributed by atoms with Crippen LogP contribution in [0.2, 0.25) is 0 Å². The van der Waals surface area contributed by atoms with Gasteiger partial charge in [0.05, 0.1) is 13.2 Å². The van der Waals surface area contributed by atoms with Gasteiger partial charge in [-0.2, -0.15) is 0 Å². The highest BCUT2D eigenvalue weighted by molar-refractivity contribution is 6.13. The van der Waals surface area contributed by atoms with E-state index in [0.717, 1.165) is 24.2 Å². The van der Waals surface area contributed by atoms with E-state index in [2.05, 4.69) is 33.0 Å². The third-order valence-electron chi connectivity index (χ3n) is 5.19. The van der Waals surface area contributed by atoms with E-state index in [9.17, 15) is 14.4 Å². The molecule has 214 valence electrons. The first-order chi connectivity index (χ1) is 17.5. The molecule has 0 fully saturated rings. The first kappa shape index (κ1) is 41.1. The lowest BCUT2D eigenvalue weighted by molar-refractivity contribution is -0.137. The molecular weight excluding hydrogens is 484 g/mol. The number of amides is 3. The van der Waals surface area contributed by atoms with Crippen molar-refractivity contribution >= 4 is 44.9 Å². The van der Waals surface area contributed by atoms with Gasteiger partial charge < -0.3 is 34.0 Å². The van der Waals surface area contributed by atoms with Gasteiger partial charge in [0, 0.05) is 45.9 Å². The summed E-state index contributed by atoms with van der Waals surface area (Å²) in [5, 5.41) is 2.99. The molecule has 11 nitrogen and oxygen atoms in total. The van der Waals surface area contributed by atoms with Crippen LogP contribution in [0.4, 0.5) is 0 Å². The molecule has 37 heavy (non-hydrogen) atoms. The van der Waals surface area contributed by atoms with Crippen LogP contribution in [0.5, 0.6) is 0 Å². The summed E-state index contributed by atoms with van der Waals surface area (Å²) in [5.74, 6) is -0.565. The molecule has 0 aromatic carbocycles. The minimum Gasteiger partial charge on any atom is -0.384 e. The number of imide groups is 1. The quantitative estimate of drug-likeness (QED) is 0.331. The molecule has 0 spiro atoms. The average molecular weight is 531 g/mol. The fraction of sp³-hybridized carbons (Fsp3) is 0.654. The van der Waals surface area contributed by atoms with E-state index in [1.165, 1.54) is 12.2 Å². The van der Waals surface area contributed by atoms with Crippen LogP contribution in [0.1, 0.15) is 53.4 Å². The maximum Gasteiger partial charge on any atom is 0.253 e. The summed E-state index contributed by atoms with van der Waals surface area (Å²) in [6.07, 6.45) is 5.47. The summed E-state index contributed by atoms with van der Waals surface area (Å²) in [4.78, 5) is 68.5. The fourth-order valence-electron chi connectivity index (χ4n) is 3.78. The maximum atomic E-state index is 12.3. The average Bonchev–Trinajstić information content (AvgIpc) is 3.21. The molecular formula is C26H46N2O9. The van der Waals surface area contributed by atoms with Gasteiger partial charge in [-0.3, -0.25) is 19.3 Å². The first-order valence-electron chi connectivity index (χ1n) is 11.4. The lowest BCUT2D eigenvalue weighted by atomic mass is 9.78. The zero-order valence-corrected chi connectivity index (χ0v) is 23.3. The molecule has 3 amide bonds. The Hall–Kier alpha value is -3.05. The van der Waals surface area contributed by atoms with Crippen LogP contribution >= 0.6 is 0 Å². The number of nitrogens with one attached hydrogen (secondary N) is 1. The van der Waals surface area contributed by atoms with Crippen molar-refractivity contribution in [3.63, 3.8) is 0 Å². The highest BCUT2D eigenvalue weighted by Gasteiger charge is 2.27. The van der Waals surface area contributed by atoms with Crippen LogP contribution in [0.3, 0.4) is 0 Å². The van der Waals surface area contributed by atoms with E-state index >= 15 is 0 Å². The lowest BCUT2D eigenvalue weighted by Crippen LogP contribution is -2.37. The van der Waals surface area contributed by atoms with Crippen molar-refractivity contribution in [1.82, 2.24) is 10.2 Å². The topological polar surface area (TPSA) is 153 Å². The summed E-state index contributed by atoms with van der Waals surface area (Å²) in [7, 11) is 3.42. The Morgan fingerprint density at radius 1 is 0.865 bits per heavy atom. The Kier molecular flexibility index (Phi) is 27.4. The number of methoxy groups -OCH3 is 2. The molecule has 0 saturated heterocycles. The largest absolute Gasteiger partial charge is 0.384 e. The van der Waals surface area contributed by atoms with Crippen LogP contribution in [-0.4, -0.2) is 90.3 Å². The number of ether oxygens (including phenoxy) is 2. The molecule has 1 N–H and O–H groups in total. The summed E-state index contributed by atoms with van der Waals surface area (Å²) >= 11 is 0. The second kappa shape index (κ2) is 24.6. The van der Waals surface area contributed by atoms with Crippen molar-refractivity contribution in [2.45, 2.75) is 53.4 Å². The molecule has 0 bridgehead atoms. The molecule has 0 aromatic heterocycles. The Morgan fingerprint density at radius 2 is 1.30 bits per heavy atom. The zero-order valence-electron chi connectivity index (χ0n) is 23.3.